The zero-order valence-corrected chi connectivity index (χ0v) is 11.2. The SMILES string of the molecule is Cc1nn(C2CCN(C#N)CC2)c(C)c1Br. The molecular formula is C11H15BrN4. The molecule has 0 atom stereocenters. The Morgan fingerprint density at radius 1 is 1.38 bits per heavy atom. The van der Waals surface area contributed by atoms with Gasteiger partial charge in [0.2, 0.25) is 0 Å². The van der Waals surface area contributed by atoms with Gasteiger partial charge in [-0.3, -0.25) is 4.68 Å². The van der Waals surface area contributed by atoms with E-state index in [0.717, 1.165) is 36.1 Å². The van der Waals surface area contributed by atoms with Crippen molar-refractivity contribution in [2.75, 3.05) is 13.1 Å². The van der Waals surface area contributed by atoms with E-state index < -0.39 is 0 Å². The Morgan fingerprint density at radius 3 is 2.44 bits per heavy atom. The van der Waals surface area contributed by atoms with Crippen molar-refractivity contribution in [2.24, 2.45) is 0 Å². The molecule has 1 aliphatic heterocycles. The number of aryl methyl sites for hydroxylation is 1. The number of hydrogen-bond donors (Lipinski definition) is 0. The molecule has 5 heteroatoms. The van der Waals surface area contributed by atoms with Crippen LogP contribution in [0, 0.1) is 25.3 Å². The standard InChI is InChI=1S/C11H15BrN4/c1-8-11(12)9(2)16(14-8)10-3-5-15(7-13)6-4-10/h10H,3-6H2,1-2H3. The summed E-state index contributed by atoms with van der Waals surface area (Å²) in [5.41, 5.74) is 2.23. The van der Waals surface area contributed by atoms with E-state index >= 15 is 0 Å². The van der Waals surface area contributed by atoms with Crippen LogP contribution in [0.15, 0.2) is 4.47 Å². The van der Waals surface area contributed by atoms with Crippen molar-refractivity contribution in [1.82, 2.24) is 14.7 Å². The fourth-order valence-corrected chi connectivity index (χ4v) is 2.47. The molecule has 2 heterocycles. The Balaban J connectivity index is 2.15. The zero-order valence-electron chi connectivity index (χ0n) is 9.57. The monoisotopic (exact) mass is 282 g/mol. The molecule has 0 amide bonds. The second-order valence-electron chi connectivity index (χ2n) is 4.25. The van der Waals surface area contributed by atoms with Crippen molar-refractivity contribution in [1.29, 1.82) is 5.26 Å². The quantitative estimate of drug-likeness (QED) is 0.743. The second-order valence-corrected chi connectivity index (χ2v) is 5.04. The molecule has 0 bridgehead atoms. The number of hydrogen-bond acceptors (Lipinski definition) is 3. The molecule has 1 saturated heterocycles. The van der Waals surface area contributed by atoms with Crippen LogP contribution >= 0.6 is 15.9 Å². The highest BCUT2D eigenvalue weighted by atomic mass is 79.9. The van der Waals surface area contributed by atoms with Crippen LogP contribution in [-0.2, 0) is 0 Å². The fourth-order valence-electron chi connectivity index (χ4n) is 2.21. The topological polar surface area (TPSA) is 44.9 Å². The summed E-state index contributed by atoms with van der Waals surface area (Å²) >= 11 is 3.55. The molecule has 1 aromatic heterocycles. The van der Waals surface area contributed by atoms with Gasteiger partial charge in [-0.15, -0.1) is 0 Å². The third kappa shape index (κ3) is 1.94. The first-order valence-corrected chi connectivity index (χ1v) is 6.28. The summed E-state index contributed by atoms with van der Waals surface area (Å²) in [6.07, 6.45) is 4.21. The average Bonchev–Trinajstić information content (AvgIpc) is 2.57. The van der Waals surface area contributed by atoms with Crippen LogP contribution in [0.3, 0.4) is 0 Å². The number of likely N-dealkylation sites (tertiary alicyclic amines) is 1. The summed E-state index contributed by atoms with van der Waals surface area (Å²) in [5, 5.41) is 13.3. The number of piperidine rings is 1. The van der Waals surface area contributed by atoms with Crippen LogP contribution in [0.5, 0.6) is 0 Å². The van der Waals surface area contributed by atoms with Gasteiger partial charge in [-0.1, -0.05) is 0 Å². The van der Waals surface area contributed by atoms with Crippen molar-refractivity contribution in [3.63, 3.8) is 0 Å². The highest BCUT2D eigenvalue weighted by Crippen LogP contribution is 2.28. The van der Waals surface area contributed by atoms with Crippen molar-refractivity contribution >= 4 is 15.9 Å². The lowest BCUT2D eigenvalue weighted by Crippen LogP contribution is -2.31. The Hall–Kier alpha value is -1.02. The van der Waals surface area contributed by atoms with Crippen LogP contribution in [0.2, 0.25) is 0 Å². The Kier molecular flexibility index (Phi) is 3.20. The Morgan fingerprint density at radius 2 is 2.00 bits per heavy atom. The van der Waals surface area contributed by atoms with Crippen molar-refractivity contribution in [3.05, 3.63) is 15.9 Å². The number of nitriles is 1. The molecule has 0 N–H and O–H groups in total. The van der Waals surface area contributed by atoms with Crippen LogP contribution < -0.4 is 0 Å². The van der Waals surface area contributed by atoms with Gasteiger partial charge in [0.25, 0.3) is 0 Å². The minimum atomic E-state index is 0.439. The van der Waals surface area contributed by atoms with Gasteiger partial charge in [0.1, 0.15) is 0 Å². The molecule has 86 valence electrons. The molecule has 0 radical (unpaired) electrons. The largest absolute Gasteiger partial charge is 0.310 e. The molecule has 1 aliphatic rings. The first-order valence-electron chi connectivity index (χ1n) is 5.49. The number of nitrogens with zero attached hydrogens (tertiary/aromatic N) is 4. The van der Waals surface area contributed by atoms with Crippen LogP contribution in [0.1, 0.15) is 30.3 Å². The highest BCUT2D eigenvalue weighted by molar-refractivity contribution is 9.10. The third-order valence-electron chi connectivity index (χ3n) is 3.19. The summed E-state index contributed by atoms with van der Waals surface area (Å²) in [4.78, 5) is 1.82. The van der Waals surface area contributed by atoms with Gasteiger partial charge in [-0.05, 0) is 42.6 Å². The van der Waals surface area contributed by atoms with Crippen molar-refractivity contribution in [2.45, 2.75) is 32.7 Å². The molecular weight excluding hydrogens is 268 g/mol. The van der Waals surface area contributed by atoms with Gasteiger partial charge in [-0.2, -0.15) is 10.4 Å². The van der Waals surface area contributed by atoms with Gasteiger partial charge in [-0.25, -0.2) is 0 Å². The lowest BCUT2D eigenvalue weighted by molar-refractivity contribution is 0.239. The Labute approximate surface area is 104 Å². The van der Waals surface area contributed by atoms with E-state index in [0.29, 0.717) is 6.04 Å². The van der Waals surface area contributed by atoms with Gasteiger partial charge in [0.15, 0.2) is 6.19 Å². The molecule has 4 nitrogen and oxygen atoms in total. The second kappa shape index (κ2) is 4.46. The third-order valence-corrected chi connectivity index (χ3v) is 4.34. The van der Waals surface area contributed by atoms with Crippen molar-refractivity contribution < 1.29 is 0 Å². The minimum absolute atomic E-state index is 0.439. The summed E-state index contributed by atoms with van der Waals surface area (Å²) < 4.78 is 3.21. The van der Waals surface area contributed by atoms with E-state index in [1.165, 1.54) is 5.69 Å². The molecule has 0 aromatic carbocycles. The van der Waals surface area contributed by atoms with Crippen LogP contribution in [0.25, 0.3) is 0 Å². The average molecular weight is 283 g/mol. The molecule has 2 rings (SSSR count). The van der Waals surface area contributed by atoms with E-state index in [9.17, 15) is 0 Å². The maximum atomic E-state index is 8.80. The summed E-state index contributed by atoms with van der Waals surface area (Å²) in [6.45, 7) is 5.78. The highest BCUT2D eigenvalue weighted by Gasteiger charge is 2.22. The fraction of sp³-hybridized carbons (Fsp3) is 0.636. The number of aromatic nitrogens is 2. The van der Waals surface area contributed by atoms with Crippen LogP contribution in [0.4, 0.5) is 0 Å². The van der Waals surface area contributed by atoms with Gasteiger partial charge in [0, 0.05) is 13.1 Å². The van der Waals surface area contributed by atoms with Crippen molar-refractivity contribution in [3.8, 4) is 6.19 Å². The summed E-state index contributed by atoms with van der Waals surface area (Å²) in [6, 6.07) is 0.439. The van der Waals surface area contributed by atoms with E-state index in [4.69, 9.17) is 5.26 Å². The first-order chi connectivity index (χ1) is 7.63. The molecule has 1 fully saturated rings. The molecule has 0 unspecified atom stereocenters. The smallest absolute Gasteiger partial charge is 0.179 e. The number of halogens is 1. The van der Waals surface area contributed by atoms with E-state index in [1.807, 2.05) is 11.8 Å². The summed E-state index contributed by atoms with van der Waals surface area (Å²) in [5.74, 6) is 0. The van der Waals surface area contributed by atoms with E-state index in [1.54, 1.807) is 0 Å². The van der Waals surface area contributed by atoms with E-state index in [-0.39, 0.29) is 0 Å². The molecule has 0 aliphatic carbocycles. The van der Waals surface area contributed by atoms with Gasteiger partial charge >= 0.3 is 0 Å². The molecule has 16 heavy (non-hydrogen) atoms. The van der Waals surface area contributed by atoms with Gasteiger partial charge < -0.3 is 4.90 Å². The lowest BCUT2D eigenvalue weighted by Gasteiger charge is -2.28. The Bertz CT molecular complexity index is 424. The number of rotatable bonds is 1. The first kappa shape index (κ1) is 11.5. The predicted octanol–water partition coefficient (Wildman–Crippen LogP) is 2.38. The predicted molar refractivity (Wildman–Crippen MR) is 64.9 cm³/mol. The van der Waals surface area contributed by atoms with Crippen LogP contribution in [-0.4, -0.2) is 27.8 Å². The maximum absolute atomic E-state index is 8.80. The normalized spacial score (nSPS) is 17.5. The molecule has 0 spiro atoms. The summed E-state index contributed by atoms with van der Waals surface area (Å²) in [7, 11) is 0. The van der Waals surface area contributed by atoms with E-state index in [2.05, 4.69) is 38.8 Å². The molecule has 1 aromatic rings. The zero-order chi connectivity index (χ0) is 11.7. The minimum Gasteiger partial charge on any atom is -0.310 e. The van der Waals surface area contributed by atoms with Gasteiger partial charge in [0.05, 0.1) is 21.9 Å². The maximum Gasteiger partial charge on any atom is 0.179 e. The molecule has 0 saturated carbocycles. The lowest BCUT2D eigenvalue weighted by atomic mass is 10.1.